The first-order chi connectivity index (χ1) is 7.65. The summed E-state index contributed by atoms with van der Waals surface area (Å²) in [4.78, 5) is 16.3. The van der Waals surface area contributed by atoms with Crippen molar-refractivity contribution in [3.05, 3.63) is 40.9 Å². The van der Waals surface area contributed by atoms with Crippen LogP contribution < -0.4 is 0 Å². The molecule has 0 radical (unpaired) electrons. The molecule has 3 heteroatoms. The molecular weight excluding hydrogens is 218 g/mol. The summed E-state index contributed by atoms with van der Waals surface area (Å²) in [7, 11) is 0. The molecule has 16 heavy (non-hydrogen) atoms. The Morgan fingerprint density at radius 1 is 1.31 bits per heavy atom. The third-order valence-corrected chi connectivity index (χ3v) is 3.32. The Balaban J connectivity index is 2.24. The maximum Gasteiger partial charge on any atom is 0.135 e. The molecule has 0 aliphatic heterocycles. The molecule has 0 aliphatic rings. The Bertz CT molecular complexity index is 499. The van der Waals surface area contributed by atoms with Crippen molar-refractivity contribution in [1.29, 1.82) is 0 Å². The smallest absolute Gasteiger partial charge is 0.135 e. The maximum atomic E-state index is 11.0. The molecule has 0 amide bonds. The van der Waals surface area contributed by atoms with E-state index in [9.17, 15) is 4.79 Å². The fourth-order valence-electron chi connectivity index (χ4n) is 1.46. The van der Waals surface area contributed by atoms with Crippen molar-refractivity contribution >= 4 is 17.1 Å². The molecule has 2 aromatic rings. The lowest BCUT2D eigenvalue weighted by Gasteiger charge is -1.96. The standard InChI is InChI=1S/C13H13NOS/c1-9-3-5-11(6-4-9)13-14-8-12(16-13)7-10(2)15/h3-6,8H,7H2,1-2H3. The van der Waals surface area contributed by atoms with Gasteiger partial charge in [-0.25, -0.2) is 4.98 Å². The average Bonchev–Trinajstić information content (AvgIpc) is 2.66. The number of ketones is 1. The van der Waals surface area contributed by atoms with Crippen LogP contribution in [0, 0.1) is 6.92 Å². The van der Waals surface area contributed by atoms with Crippen LogP contribution in [0.5, 0.6) is 0 Å². The third kappa shape index (κ3) is 2.55. The van der Waals surface area contributed by atoms with Gasteiger partial charge in [-0.05, 0) is 13.8 Å². The molecule has 82 valence electrons. The Kier molecular flexibility index (Phi) is 3.15. The second kappa shape index (κ2) is 4.58. The number of aryl methyl sites for hydroxylation is 1. The lowest BCUT2D eigenvalue weighted by molar-refractivity contribution is -0.116. The number of hydrogen-bond acceptors (Lipinski definition) is 3. The third-order valence-electron chi connectivity index (χ3n) is 2.28. The largest absolute Gasteiger partial charge is 0.300 e. The SMILES string of the molecule is CC(=O)Cc1cnc(-c2ccc(C)cc2)s1. The molecule has 0 N–H and O–H groups in total. The predicted octanol–water partition coefficient (Wildman–Crippen LogP) is 3.25. The summed E-state index contributed by atoms with van der Waals surface area (Å²) in [5, 5.41) is 0.983. The Hall–Kier alpha value is -1.48. The number of thiazole rings is 1. The first-order valence-electron chi connectivity index (χ1n) is 5.16. The number of carbonyl (C=O) groups is 1. The zero-order valence-corrected chi connectivity index (χ0v) is 10.2. The van der Waals surface area contributed by atoms with Crippen molar-refractivity contribution in [2.45, 2.75) is 20.3 Å². The number of hydrogen-bond donors (Lipinski definition) is 0. The summed E-state index contributed by atoms with van der Waals surface area (Å²) in [6, 6.07) is 8.26. The molecule has 0 saturated heterocycles. The van der Waals surface area contributed by atoms with Crippen LogP contribution >= 0.6 is 11.3 Å². The molecule has 0 atom stereocenters. The number of benzene rings is 1. The number of aromatic nitrogens is 1. The highest BCUT2D eigenvalue weighted by Crippen LogP contribution is 2.25. The van der Waals surface area contributed by atoms with E-state index in [1.165, 1.54) is 5.56 Å². The first kappa shape index (κ1) is 11.0. The monoisotopic (exact) mass is 231 g/mol. The lowest BCUT2D eigenvalue weighted by Crippen LogP contribution is -1.92. The van der Waals surface area contributed by atoms with Crippen LogP contribution in [0.4, 0.5) is 0 Å². The van der Waals surface area contributed by atoms with Gasteiger partial charge in [0.15, 0.2) is 0 Å². The van der Waals surface area contributed by atoms with Crippen molar-refractivity contribution in [2.75, 3.05) is 0 Å². The molecule has 1 aromatic heterocycles. The molecule has 2 nitrogen and oxygen atoms in total. The summed E-state index contributed by atoms with van der Waals surface area (Å²) in [5.41, 5.74) is 2.36. The summed E-state index contributed by atoms with van der Waals surface area (Å²) < 4.78 is 0. The van der Waals surface area contributed by atoms with E-state index < -0.39 is 0 Å². The second-order valence-electron chi connectivity index (χ2n) is 3.88. The number of Topliss-reactive ketones (excluding diaryl/α,β-unsaturated/α-hetero) is 1. The van der Waals surface area contributed by atoms with E-state index in [0.717, 1.165) is 15.4 Å². The Morgan fingerprint density at radius 2 is 2.00 bits per heavy atom. The Morgan fingerprint density at radius 3 is 2.62 bits per heavy atom. The summed E-state index contributed by atoms with van der Waals surface area (Å²) in [6.45, 7) is 3.66. The molecule has 1 aromatic carbocycles. The van der Waals surface area contributed by atoms with E-state index in [-0.39, 0.29) is 5.78 Å². The molecule has 0 saturated carbocycles. The number of rotatable bonds is 3. The van der Waals surface area contributed by atoms with Crippen molar-refractivity contribution in [3.63, 3.8) is 0 Å². The number of carbonyl (C=O) groups excluding carboxylic acids is 1. The van der Waals surface area contributed by atoms with Crippen LogP contribution in [0.1, 0.15) is 17.4 Å². The minimum absolute atomic E-state index is 0.180. The summed E-state index contributed by atoms with van der Waals surface area (Å²) >= 11 is 1.59. The lowest BCUT2D eigenvalue weighted by atomic mass is 10.2. The van der Waals surface area contributed by atoms with Gasteiger partial charge in [0.25, 0.3) is 0 Å². The van der Waals surface area contributed by atoms with Crippen molar-refractivity contribution < 1.29 is 4.79 Å². The zero-order valence-electron chi connectivity index (χ0n) is 9.36. The van der Waals surface area contributed by atoms with Gasteiger partial charge in [0.2, 0.25) is 0 Å². The van der Waals surface area contributed by atoms with Crippen LogP contribution in [0.25, 0.3) is 10.6 Å². The van der Waals surface area contributed by atoms with Gasteiger partial charge in [-0.15, -0.1) is 11.3 Å². The molecular formula is C13H13NOS. The molecule has 0 fully saturated rings. The second-order valence-corrected chi connectivity index (χ2v) is 4.99. The molecule has 0 unspecified atom stereocenters. The van der Waals surface area contributed by atoms with Gasteiger partial charge in [-0.1, -0.05) is 29.8 Å². The summed E-state index contributed by atoms with van der Waals surface area (Å²) in [6.07, 6.45) is 2.28. The molecule has 2 rings (SSSR count). The molecule has 0 aliphatic carbocycles. The van der Waals surface area contributed by atoms with E-state index in [4.69, 9.17) is 0 Å². The van der Waals surface area contributed by atoms with Gasteiger partial charge in [0.1, 0.15) is 10.8 Å². The topological polar surface area (TPSA) is 30.0 Å². The van der Waals surface area contributed by atoms with Crippen LogP contribution in [0.15, 0.2) is 30.5 Å². The Labute approximate surface area is 99.0 Å². The molecule has 0 bridgehead atoms. The van der Waals surface area contributed by atoms with Gasteiger partial charge < -0.3 is 0 Å². The number of nitrogens with zero attached hydrogens (tertiary/aromatic N) is 1. The fraction of sp³-hybridized carbons (Fsp3) is 0.231. The van der Waals surface area contributed by atoms with Crippen LogP contribution in [0.2, 0.25) is 0 Å². The van der Waals surface area contributed by atoms with Gasteiger partial charge in [0, 0.05) is 23.1 Å². The average molecular weight is 231 g/mol. The highest BCUT2D eigenvalue weighted by Gasteiger charge is 2.05. The van der Waals surface area contributed by atoms with E-state index in [2.05, 4.69) is 36.2 Å². The van der Waals surface area contributed by atoms with Gasteiger partial charge in [-0.2, -0.15) is 0 Å². The van der Waals surface area contributed by atoms with Crippen molar-refractivity contribution in [2.24, 2.45) is 0 Å². The van der Waals surface area contributed by atoms with Crippen LogP contribution in [0.3, 0.4) is 0 Å². The van der Waals surface area contributed by atoms with Gasteiger partial charge in [0.05, 0.1) is 0 Å². The van der Waals surface area contributed by atoms with Gasteiger partial charge in [-0.3, -0.25) is 4.79 Å². The van der Waals surface area contributed by atoms with E-state index in [1.807, 2.05) is 0 Å². The maximum absolute atomic E-state index is 11.0. The van der Waals surface area contributed by atoms with Crippen LogP contribution in [-0.2, 0) is 11.2 Å². The van der Waals surface area contributed by atoms with E-state index in [1.54, 1.807) is 24.5 Å². The molecule has 1 heterocycles. The highest BCUT2D eigenvalue weighted by atomic mass is 32.1. The quantitative estimate of drug-likeness (QED) is 0.811. The fourth-order valence-corrected chi connectivity index (χ4v) is 2.45. The van der Waals surface area contributed by atoms with E-state index in [0.29, 0.717) is 6.42 Å². The first-order valence-corrected chi connectivity index (χ1v) is 5.98. The molecule has 0 spiro atoms. The van der Waals surface area contributed by atoms with Gasteiger partial charge >= 0.3 is 0 Å². The van der Waals surface area contributed by atoms with Crippen LogP contribution in [-0.4, -0.2) is 10.8 Å². The van der Waals surface area contributed by atoms with E-state index >= 15 is 0 Å². The highest BCUT2D eigenvalue weighted by molar-refractivity contribution is 7.15. The summed E-state index contributed by atoms with van der Waals surface area (Å²) in [5.74, 6) is 0.180. The minimum Gasteiger partial charge on any atom is -0.300 e. The normalized spacial score (nSPS) is 10.4. The predicted molar refractivity (Wildman–Crippen MR) is 66.7 cm³/mol. The zero-order chi connectivity index (χ0) is 11.5. The van der Waals surface area contributed by atoms with Crippen molar-refractivity contribution in [3.8, 4) is 10.6 Å². The van der Waals surface area contributed by atoms with Crippen molar-refractivity contribution in [1.82, 2.24) is 4.98 Å². The minimum atomic E-state index is 0.180.